The lowest BCUT2D eigenvalue weighted by atomic mass is 10.1. The number of esters is 1. The zero-order chi connectivity index (χ0) is 13.8. The van der Waals surface area contributed by atoms with Crippen LogP contribution in [0.25, 0.3) is 0 Å². The fourth-order valence-corrected chi connectivity index (χ4v) is 1.87. The van der Waals surface area contributed by atoms with Gasteiger partial charge < -0.3 is 13.7 Å². The third kappa shape index (κ3) is 3.71. The van der Waals surface area contributed by atoms with Gasteiger partial charge in [0.15, 0.2) is 6.10 Å². The van der Waals surface area contributed by atoms with E-state index in [4.69, 9.17) is 8.92 Å². The molecule has 0 saturated heterocycles. The lowest BCUT2D eigenvalue weighted by Crippen LogP contribution is -2.18. The summed E-state index contributed by atoms with van der Waals surface area (Å²) >= 11 is 0. The molecule has 0 saturated carbocycles. The van der Waals surface area contributed by atoms with Gasteiger partial charge in [-0.3, -0.25) is 0 Å². The highest BCUT2D eigenvalue weighted by Crippen LogP contribution is 2.28. The van der Waals surface area contributed by atoms with Gasteiger partial charge in [0.05, 0.1) is 13.4 Å². The molecular formula is C11H14O6S. The molecule has 1 unspecified atom stereocenters. The Morgan fingerprint density at radius 2 is 1.83 bits per heavy atom. The molecule has 0 bridgehead atoms. The van der Waals surface area contributed by atoms with Gasteiger partial charge in [-0.05, 0) is 6.07 Å². The molecule has 0 aliphatic carbocycles. The van der Waals surface area contributed by atoms with Crippen LogP contribution in [0.1, 0.15) is 11.7 Å². The number of benzene rings is 1. The molecule has 0 aromatic heterocycles. The highest BCUT2D eigenvalue weighted by Gasteiger charge is 2.25. The molecule has 0 radical (unpaired) electrons. The first-order chi connectivity index (χ1) is 8.39. The van der Waals surface area contributed by atoms with Gasteiger partial charge in [-0.1, -0.05) is 18.2 Å². The standard InChI is InChI=1S/C11H14O6S/c1-15-10(11(12)16-2)8-6-4-5-7-9(8)17-18(3,13)14/h4-7,10H,1-3H3. The van der Waals surface area contributed by atoms with Crippen molar-refractivity contribution in [2.75, 3.05) is 20.5 Å². The van der Waals surface area contributed by atoms with Crippen LogP contribution < -0.4 is 4.18 Å². The summed E-state index contributed by atoms with van der Waals surface area (Å²) in [5, 5.41) is 0. The fourth-order valence-electron chi connectivity index (χ4n) is 1.39. The third-order valence-electron chi connectivity index (χ3n) is 2.09. The van der Waals surface area contributed by atoms with Gasteiger partial charge in [-0.15, -0.1) is 0 Å². The molecule has 1 aromatic carbocycles. The Bertz CT molecular complexity index is 522. The summed E-state index contributed by atoms with van der Waals surface area (Å²) in [5.41, 5.74) is 0.289. The van der Waals surface area contributed by atoms with E-state index in [1.54, 1.807) is 12.1 Å². The number of methoxy groups -OCH3 is 2. The molecule has 0 spiro atoms. The molecule has 1 aromatic rings. The summed E-state index contributed by atoms with van der Waals surface area (Å²) in [6.45, 7) is 0. The first-order valence-electron chi connectivity index (χ1n) is 4.98. The molecule has 0 amide bonds. The molecule has 1 rings (SSSR count). The van der Waals surface area contributed by atoms with Gasteiger partial charge in [0, 0.05) is 12.7 Å². The van der Waals surface area contributed by atoms with Crippen LogP contribution in [-0.2, 0) is 24.4 Å². The largest absolute Gasteiger partial charge is 0.467 e. The van der Waals surface area contributed by atoms with Crippen molar-refractivity contribution in [1.82, 2.24) is 0 Å². The molecule has 0 N–H and O–H groups in total. The van der Waals surface area contributed by atoms with E-state index < -0.39 is 22.2 Å². The van der Waals surface area contributed by atoms with Crippen molar-refractivity contribution in [3.63, 3.8) is 0 Å². The predicted molar refractivity (Wildman–Crippen MR) is 63.7 cm³/mol. The maximum Gasteiger partial charge on any atom is 0.339 e. The van der Waals surface area contributed by atoms with Crippen LogP contribution in [0.15, 0.2) is 24.3 Å². The van der Waals surface area contributed by atoms with E-state index in [2.05, 4.69) is 4.74 Å². The SMILES string of the molecule is COC(=O)C(OC)c1ccccc1OS(C)(=O)=O. The summed E-state index contributed by atoms with van der Waals surface area (Å²) in [5.74, 6) is -0.598. The van der Waals surface area contributed by atoms with Crippen LogP contribution in [0.2, 0.25) is 0 Å². The number of hydrogen-bond acceptors (Lipinski definition) is 6. The number of para-hydroxylation sites is 1. The molecular weight excluding hydrogens is 260 g/mol. The van der Waals surface area contributed by atoms with E-state index in [1.807, 2.05) is 0 Å². The van der Waals surface area contributed by atoms with E-state index in [9.17, 15) is 13.2 Å². The minimum Gasteiger partial charge on any atom is -0.467 e. The van der Waals surface area contributed by atoms with Crippen LogP contribution in [-0.4, -0.2) is 34.9 Å². The number of carbonyl (C=O) groups excluding carboxylic acids is 1. The normalized spacial score (nSPS) is 12.8. The molecule has 7 heteroatoms. The summed E-state index contributed by atoms with van der Waals surface area (Å²) in [7, 11) is -1.15. The van der Waals surface area contributed by atoms with E-state index >= 15 is 0 Å². The molecule has 18 heavy (non-hydrogen) atoms. The van der Waals surface area contributed by atoms with Crippen LogP contribution >= 0.6 is 0 Å². The third-order valence-corrected chi connectivity index (χ3v) is 2.58. The van der Waals surface area contributed by atoms with Crippen LogP contribution in [0.4, 0.5) is 0 Å². The van der Waals surface area contributed by atoms with Crippen molar-refractivity contribution in [3.05, 3.63) is 29.8 Å². The van der Waals surface area contributed by atoms with Crippen molar-refractivity contribution in [3.8, 4) is 5.75 Å². The van der Waals surface area contributed by atoms with Crippen LogP contribution in [0.3, 0.4) is 0 Å². The van der Waals surface area contributed by atoms with Crippen molar-refractivity contribution >= 4 is 16.1 Å². The Kier molecular flexibility index (Phi) is 4.69. The highest BCUT2D eigenvalue weighted by molar-refractivity contribution is 7.86. The average molecular weight is 274 g/mol. The average Bonchev–Trinajstić information content (AvgIpc) is 2.30. The molecule has 0 fully saturated rings. The van der Waals surface area contributed by atoms with Gasteiger partial charge in [0.2, 0.25) is 0 Å². The van der Waals surface area contributed by atoms with Crippen LogP contribution in [0, 0.1) is 0 Å². The minimum atomic E-state index is -3.68. The smallest absolute Gasteiger partial charge is 0.339 e. The monoisotopic (exact) mass is 274 g/mol. The lowest BCUT2D eigenvalue weighted by Gasteiger charge is -2.16. The van der Waals surface area contributed by atoms with Gasteiger partial charge in [-0.25, -0.2) is 4.79 Å². The lowest BCUT2D eigenvalue weighted by molar-refractivity contribution is -0.152. The topological polar surface area (TPSA) is 78.9 Å². The molecule has 0 aliphatic heterocycles. The van der Waals surface area contributed by atoms with E-state index in [0.29, 0.717) is 0 Å². The summed E-state index contributed by atoms with van der Waals surface area (Å²) in [4.78, 5) is 11.5. The van der Waals surface area contributed by atoms with Gasteiger partial charge in [-0.2, -0.15) is 8.42 Å². The Morgan fingerprint density at radius 3 is 2.33 bits per heavy atom. The Balaban J connectivity index is 3.19. The molecule has 6 nitrogen and oxygen atoms in total. The van der Waals surface area contributed by atoms with Crippen molar-refractivity contribution in [2.45, 2.75) is 6.10 Å². The molecule has 1 atom stereocenters. The number of rotatable bonds is 5. The summed E-state index contributed by atoms with van der Waals surface area (Å²) < 4.78 is 36.6. The molecule has 0 aliphatic rings. The highest BCUT2D eigenvalue weighted by atomic mass is 32.2. The molecule has 0 heterocycles. The Hall–Kier alpha value is -1.60. The second kappa shape index (κ2) is 5.83. The second-order valence-electron chi connectivity index (χ2n) is 3.46. The minimum absolute atomic E-state index is 0.0391. The first kappa shape index (κ1) is 14.5. The zero-order valence-electron chi connectivity index (χ0n) is 10.2. The fraction of sp³-hybridized carbons (Fsp3) is 0.364. The maximum absolute atomic E-state index is 11.5. The number of hydrogen-bond donors (Lipinski definition) is 0. The maximum atomic E-state index is 11.5. The van der Waals surface area contributed by atoms with Gasteiger partial charge >= 0.3 is 16.1 Å². The molecule has 100 valence electrons. The first-order valence-corrected chi connectivity index (χ1v) is 6.79. The van der Waals surface area contributed by atoms with Crippen molar-refractivity contribution in [1.29, 1.82) is 0 Å². The van der Waals surface area contributed by atoms with E-state index in [-0.39, 0.29) is 11.3 Å². The summed E-state index contributed by atoms with van der Waals surface area (Å²) in [6.07, 6.45) is -0.114. The Morgan fingerprint density at radius 1 is 1.22 bits per heavy atom. The number of carbonyl (C=O) groups is 1. The van der Waals surface area contributed by atoms with Crippen molar-refractivity contribution < 1.29 is 26.9 Å². The Labute approximate surface area is 106 Å². The van der Waals surface area contributed by atoms with E-state index in [1.165, 1.54) is 26.4 Å². The zero-order valence-corrected chi connectivity index (χ0v) is 11.1. The predicted octanol–water partition coefficient (Wildman–Crippen LogP) is 0.885. The quantitative estimate of drug-likeness (QED) is 0.586. The second-order valence-corrected chi connectivity index (χ2v) is 5.04. The van der Waals surface area contributed by atoms with Gasteiger partial charge in [0.1, 0.15) is 5.75 Å². The summed E-state index contributed by atoms with van der Waals surface area (Å²) in [6, 6.07) is 6.20. The van der Waals surface area contributed by atoms with Gasteiger partial charge in [0.25, 0.3) is 0 Å². The van der Waals surface area contributed by atoms with Crippen molar-refractivity contribution in [2.24, 2.45) is 0 Å². The van der Waals surface area contributed by atoms with E-state index in [0.717, 1.165) is 6.26 Å². The van der Waals surface area contributed by atoms with Crippen LogP contribution in [0.5, 0.6) is 5.75 Å². The number of ether oxygens (including phenoxy) is 2.